The number of nitrogen functional groups attached to an aromatic ring is 1. The fourth-order valence-electron chi connectivity index (χ4n) is 3.14. The van der Waals surface area contributed by atoms with Gasteiger partial charge in [0.1, 0.15) is 17.1 Å². The lowest BCUT2D eigenvalue weighted by Crippen LogP contribution is -2.02. The van der Waals surface area contributed by atoms with Gasteiger partial charge in [-0.1, -0.05) is 12.1 Å². The Bertz CT molecular complexity index is 1180. The Labute approximate surface area is 166 Å². The summed E-state index contributed by atoms with van der Waals surface area (Å²) >= 11 is 0. The molecule has 0 aliphatic heterocycles. The van der Waals surface area contributed by atoms with E-state index in [0.717, 1.165) is 22.2 Å². The number of fused-ring (bicyclic) bond motifs is 1. The number of rotatable bonds is 5. The fraction of sp³-hybridized carbons (Fsp3) is 0.143. The van der Waals surface area contributed by atoms with E-state index in [1.807, 2.05) is 24.3 Å². The normalized spacial score (nSPS) is 11.1. The van der Waals surface area contributed by atoms with Gasteiger partial charge in [-0.25, -0.2) is 4.98 Å². The van der Waals surface area contributed by atoms with E-state index in [0.29, 0.717) is 11.5 Å². The predicted octanol–water partition coefficient (Wildman–Crippen LogP) is 4.96. The second-order valence-corrected chi connectivity index (χ2v) is 6.89. The molecule has 0 bridgehead atoms. The van der Waals surface area contributed by atoms with Gasteiger partial charge >= 0.3 is 0 Å². The van der Waals surface area contributed by atoms with Gasteiger partial charge < -0.3 is 15.0 Å². The van der Waals surface area contributed by atoms with Crippen LogP contribution in [0.5, 0.6) is 11.5 Å². The first kappa shape index (κ1) is 18.4. The summed E-state index contributed by atoms with van der Waals surface area (Å²) in [4.78, 5) is 18.8. The van der Waals surface area contributed by atoms with E-state index < -0.39 is 4.92 Å². The Hall–Kier alpha value is -3.94. The molecular formula is C21H19N5O3. The van der Waals surface area contributed by atoms with Crippen LogP contribution in [0.4, 0.5) is 11.6 Å². The van der Waals surface area contributed by atoms with Crippen molar-refractivity contribution in [2.45, 2.75) is 19.9 Å². The van der Waals surface area contributed by atoms with Gasteiger partial charge in [0, 0.05) is 41.5 Å². The third-order valence-corrected chi connectivity index (χ3v) is 4.60. The van der Waals surface area contributed by atoms with E-state index in [4.69, 9.17) is 10.5 Å². The zero-order chi connectivity index (χ0) is 20.5. The lowest BCUT2D eigenvalue weighted by molar-refractivity contribution is -0.384. The van der Waals surface area contributed by atoms with E-state index in [1.54, 1.807) is 18.3 Å². The second-order valence-electron chi connectivity index (χ2n) is 6.89. The average Bonchev–Trinajstić information content (AvgIpc) is 3.08. The highest BCUT2D eigenvalue weighted by Crippen LogP contribution is 2.33. The van der Waals surface area contributed by atoms with Crippen LogP contribution < -0.4 is 10.5 Å². The largest absolute Gasteiger partial charge is 0.457 e. The molecule has 0 atom stereocenters. The molecular weight excluding hydrogens is 370 g/mol. The zero-order valence-electron chi connectivity index (χ0n) is 15.9. The van der Waals surface area contributed by atoms with Crippen molar-refractivity contribution in [3.8, 4) is 22.6 Å². The van der Waals surface area contributed by atoms with Crippen LogP contribution in [0.3, 0.4) is 0 Å². The summed E-state index contributed by atoms with van der Waals surface area (Å²) in [6, 6.07) is 13.8. The molecule has 0 amide bonds. The second kappa shape index (κ2) is 7.23. The number of anilines is 1. The SMILES string of the molecule is CC(C)n1cc(-c2ccc(Oc3ccc([N+](=O)[O-])cc3)cc2)c2cnc(N)nc21. The molecule has 0 fully saturated rings. The fourth-order valence-corrected chi connectivity index (χ4v) is 3.14. The number of nitro groups is 1. The number of nitrogens with zero attached hydrogens (tertiary/aromatic N) is 4. The van der Waals surface area contributed by atoms with E-state index in [1.165, 1.54) is 12.1 Å². The predicted molar refractivity (Wildman–Crippen MR) is 111 cm³/mol. The lowest BCUT2D eigenvalue weighted by Gasteiger charge is -2.08. The maximum absolute atomic E-state index is 10.7. The van der Waals surface area contributed by atoms with Crippen molar-refractivity contribution < 1.29 is 9.66 Å². The van der Waals surface area contributed by atoms with Crippen molar-refractivity contribution in [3.63, 3.8) is 0 Å². The van der Waals surface area contributed by atoms with Gasteiger partial charge in [-0.2, -0.15) is 4.98 Å². The summed E-state index contributed by atoms with van der Waals surface area (Å²) in [5, 5.41) is 11.7. The molecule has 29 heavy (non-hydrogen) atoms. The minimum atomic E-state index is -0.441. The molecule has 0 saturated heterocycles. The van der Waals surface area contributed by atoms with Gasteiger partial charge in [0.25, 0.3) is 5.69 Å². The Morgan fingerprint density at radius 3 is 2.28 bits per heavy atom. The highest BCUT2D eigenvalue weighted by Gasteiger charge is 2.14. The molecule has 4 rings (SSSR count). The number of non-ortho nitro benzene ring substituents is 1. The van der Waals surface area contributed by atoms with Gasteiger partial charge in [0.15, 0.2) is 0 Å². The molecule has 0 spiro atoms. The maximum Gasteiger partial charge on any atom is 0.269 e. The molecule has 2 N–H and O–H groups in total. The first-order chi connectivity index (χ1) is 13.9. The first-order valence-electron chi connectivity index (χ1n) is 9.08. The number of aromatic nitrogens is 3. The highest BCUT2D eigenvalue weighted by molar-refractivity contribution is 5.94. The Kier molecular flexibility index (Phi) is 4.59. The quantitative estimate of drug-likeness (QED) is 0.381. The van der Waals surface area contributed by atoms with Crippen LogP contribution in [0.25, 0.3) is 22.2 Å². The summed E-state index contributed by atoms with van der Waals surface area (Å²) < 4.78 is 7.85. The van der Waals surface area contributed by atoms with E-state index in [9.17, 15) is 10.1 Å². The van der Waals surface area contributed by atoms with Gasteiger partial charge in [-0.15, -0.1) is 0 Å². The van der Waals surface area contributed by atoms with Crippen molar-refractivity contribution in [2.24, 2.45) is 0 Å². The zero-order valence-corrected chi connectivity index (χ0v) is 15.9. The summed E-state index contributed by atoms with van der Waals surface area (Å²) in [6.45, 7) is 4.17. The summed E-state index contributed by atoms with van der Waals surface area (Å²) in [5.41, 5.74) is 8.60. The van der Waals surface area contributed by atoms with Crippen LogP contribution in [-0.4, -0.2) is 19.5 Å². The molecule has 0 saturated carbocycles. The van der Waals surface area contributed by atoms with Crippen LogP contribution in [0.1, 0.15) is 19.9 Å². The number of benzene rings is 2. The molecule has 2 aromatic carbocycles. The summed E-state index contributed by atoms with van der Waals surface area (Å²) in [7, 11) is 0. The van der Waals surface area contributed by atoms with Gasteiger partial charge in [0.05, 0.1) is 4.92 Å². The minimum absolute atomic E-state index is 0.0251. The molecule has 2 heterocycles. The van der Waals surface area contributed by atoms with Crippen molar-refractivity contribution in [1.29, 1.82) is 0 Å². The van der Waals surface area contributed by atoms with E-state index >= 15 is 0 Å². The molecule has 0 aliphatic rings. The summed E-state index contributed by atoms with van der Waals surface area (Å²) in [5.74, 6) is 1.41. The Morgan fingerprint density at radius 1 is 1.07 bits per heavy atom. The van der Waals surface area contributed by atoms with Crippen molar-refractivity contribution in [1.82, 2.24) is 14.5 Å². The maximum atomic E-state index is 10.7. The van der Waals surface area contributed by atoms with Crippen molar-refractivity contribution >= 4 is 22.7 Å². The third kappa shape index (κ3) is 3.60. The Morgan fingerprint density at radius 2 is 1.69 bits per heavy atom. The number of hydrogen-bond donors (Lipinski definition) is 1. The molecule has 0 unspecified atom stereocenters. The number of hydrogen-bond acceptors (Lipinski definition) is 6. The average molecular weight is 389 g/mol. The number of nitro benzene ring substituents is 1. The lowest BCUT2D eigenvalue weighted by atomic mass is 10.1. The first-order valence-corrected chi connectivity index (χ1v) is 9.08. The standard InChI is InChI=1S/C21H19N5O3/c1-13(2)25-12-19(18-11-23-21(22)24-20(18)25)14-3-7-16(8-4-14)29-17-9-5-15(6-10-17)26(27)28/h3-13H,1-2H3,(H2,22,23,24). The van der Waals surface area contributed by atoms with Gasteiger partial charge in [-0.05, 0) is 43.7 Å². The van der Waals surface area contributed by atoms with E-state index in [-0.39, 0.29) is 17.7 Å². The van der Waals surface area contributed by atoms with Crippen LogP contribution in [-0.2, 0) is 0 Å². The number of nitrogens with two attached hydrogens (primary N) is 1. The molecule has 8 heteroatoms. The molecule has 0 aliphatic carbocycles. The third-order valence-electron chi connectivity index (χ3n) is 4.60. The monoisotopic (exact) mass is 389 g/mol. The minimum Gasteiger partial charge on any atom is -0.457 e. The molecule has 8 nitrogen and oxygen atoms in total. The smallest absolute Gasteiger partial charge is 0.269 e. The molecule has 146 valence electrons. The molecule has 4 aromatic rings. The van der Waals surface area contributed by atoms with Crippen LogP contribution in [0.15, 0.2) is 60.9 Å². The van der Waals surface area contributed by atoms with Crippen LogP contribution >= 0.6 is 0 Å². The van der Waals surface area contributed by atoms with Crippen LogP contribution in [0, 0.1) is 10.1 Å². The Balaban J connectivity index is 1.63. The van der Waals surface area contributed by atoms with Gasteiger partial charge in [0.2, 0.25) is 5.95 Å². The van der Waals surface area contributed by atoms with Crippen LogP contribution in [0.2, 0.25) is 0 Å². The number of ether oxygens (including phenoxy) is 1. The van der Waals surface area contributed by atoms with E-state index in [2.05, 4.69) is 34.6 Å². The van der Waals surface area contributed by atoms with Crippen molar-refractivity contribution in [2.75, 3.05) is 5.73 Å². The molecule has 0 radical (unpaired) electrons. The highest BCUT2D eigenvalue weighted by atomic mass is 16.6. The molecule has 2 aromatic heterocycles. The van der Waals surface area contributed by atoms with Crippen molar-refractivity contribution in [3.05, 3.63) is 71.0 Å². The summed E-state index contributed by atoms with van der Waals surface area (Å²) in [6.07, 6.45) is 3.79. The van der Waals surface area contributed by atoms with Gasteiger partial charge in [-0.3, -0.25) is 10.1 Å². The topological polar surface area (TPSA) is 109 Å².